The topological polar surface area (TPSA) is 0 Å². The summed E-state index contributed by atoms with van der Waals surface area (Å²) in [5, 5.41) is 3.28. The smallest absolute Gasteiger partial charge is 1.00 e. The second-order valence-corrected chi connectivity index (χ2v) is 3.12. The quantitative estimate of drug-likeness (QED) is 0.374. The first-order valence-corrected chi connectivity index (χ1v) is 5.31. The molecular weight excluding hydrogens is 412 g/mol. The molecule has 0 amide bonds. The second-order valence-electron chi connectivity index (χ2n) is 2.50. The summed E-state index contributed by atoms with van der Waals surface area (Å²) < 4.78 is 0. The van der Waals surface area contributed by atoms with Gasteiger partial charge in [0.05, 0.1) is 0 Å². The van der Waals surface area contributed by atoms with E-state index in [1.165, 1.54) is 11.1 Å². The van der Waals surface area contributed by atoms with Gasteiger partial charge in [-0.25, -0.2) is 22.7 Å². The zero-order valence-electron chi connectivity index (χ0n) is 9.27. The number of rotatable bonds is 3. The molecule has 0 nitrogen and oxygen atoms in total. The number of allylic oxidation sites excluding steroid dienone is 1. The average molecular weight is 425 g/mol. The fourth-order valence-corrected chi connectivity index (χ4v) is 1.61. The maximum atomic E-state index is 3.28. The summed E-state index contributed by atoms with van der Waals surface area (Å²) in [4.78, 5) is 0. The minimum atomic E-state index is 0. The fraction of sp³-hybridized carbons (Fsp3) is 0.273. The molecule has 1 aromatic rings. The van der Waals surface area contributed by atoms with Gasteiger partial charge in [0.25, 0.3) is 0 Å². The summed E-state index contributed by atoms with van der Waals surface area (Å²) in [6.07, 6.45) is 3.09. The van der Waals surface area contributed by atoms with Crippen LogP contribution in [0.25, 0.3) is 5.57 Å². The standard InChI is InChI=1S/C11H13S.2BrH.Cu.Mg/c1-3-10(9-12-2)11-7-5-4-6-8-11;;;;/h4-8H,3H2,1-2H3;2*1H;;/q-1;;;+1;+2/p-2. The van der Waals surface area contributed by atoms with Crippen molar-refractivity contribution in [1.29, 1.82) is 0 Å². The van der Waals surface area contributed by atoms with E-state index in [-0.39, 0.29) is 74.1 Å². The summed E-state index contributed by atoms with van der Waals surface area (Å²) in [5.74, 6) is 0. The van der Waals surface area contributed by atoms with Crippen LogP contribution in [0.5, 0.6) is 0 Å². The third-order valence-electron chi connectivity index (χ3n) is 1.70. The summed E-state index contributed by atoms with van der Waals surface area (Å²) in [7, 11) is 0. The van der Waals surface area contributed by atoms with Gasteiger partial charge in [-0.1, -0.05) is 31.5 Å². The van der Waals surface area contributed by atoms with Crippen molar-refractivity contribution in [1.82, 2.24) is 0 Å². The predicted molar refractivity (Wildman–Crippen MR) is 62.7 cm³/mol. The van der Waals surface area contributed by atoms with Crippen LogP contribution in [0.3, 0.4) is 0 Å². The zero-order valence-corrected chi connectivity index (χ0v) is 15.6. The zero-order chi connectivity index (χ0) is 8.81. The summed E-state index contributed by atoms with van der Waals surface area (Å²) in [6, 6.07) is 10.4. The van der Waals surface area contributed by atoms with Gasteiger partial charge in [0.1, 0.15) is 0 Å². The molecule has 0 N–H and O–H groups in total. The molecule has 1 aromatic carbocycles. The Kier molecular flexibility index (Phi) is 27.1. The van der Waals surface area contributed by atoms with Crippen LogP contribution in [0.15, 0.2) is 30.3 Å². The summed E-state index contributed by atoms with van der Waals surface area (Å²) in [6.45, 7) is 2.16. The minimum absolute atomic E-state index is 0. The number of benzene rings is 1. The van der Waals surface area contributed by atoms with Gasteiger partial charge in [0.15, 0.2) is 0 Å². The molecule has 1 rings (SSSR count). The molecule has 0 atom stereocenters. The van der Waals surface area contributed by atoms with E-state index in [2.05, 4.69) is 36.6 Å². The van der Waals surface area contributed by atoms with Crippen LogP contribution in [0.4, 0.5) is 0 Å². The second kappa shape index (κ2) is 16.6. The molecule has 0 heterocycles. The van der Waals surface area contributed by atoms with Gasteiger partial charge < -0.3 is 34.0 Å². The van der Waals surface area contributed by atoms with Crippen LogP contribution >= 0.6 is 11.8 Å². The van der Waals surface area contributed by atoms with Crippen molar-refractivity contribution < 1.29 is 51.0 Å². The van der Waals surface area contributed by atoms with Crippen LogP contribution in [-0.4, -0.2) is 29.3 Å². The van der Waals surface area contributed by atoms with Crippen molar-refractivity contribution in [3.05, 3.63) is 41.3 Å². The molecule has 0 fully saturated rings. The van der Waals surface area contributed by atoms with Crippen LogP contribution in [0.2, 0.25) is 0 Å². The van der Waals surface area contributed by atoms with Crippen molar-refractivity contribution in [2.75, 3.05) is 6.26 Å². The minimum Gasteiger partial charge on any atom is -1.00 e. The molecule has 0 saturated heterocycles. The molecule has 0 aliphatic carbocycles. The van der Waals surface area contributed by atoms with Crippen molar-refractivity contribution >= 4 is 40.4 Å². The first-order chi connectivity index (χ1) is 5.88. The number of hydrogen-bond donors (Lipinski definition) is 0. The largest absolute Gasteiger partial charge is 2.00 e. The summed E-state index contributed by atoms with van der Waals surface area (Å²) >= 11 is 1.64. The van der Waals surface area contributed by atoms with E-state index in [4.69, 9.17) is 0 Å². The van der Waals surface area contributed by atoms with Crippen LogP contribution in [0, 0.1) is 5.41 Å². The van der Waals surface area contributed by atoms with E-state index in [0.717, 1.165) is 6.42 Å². The van der Waals surface area contributed by atoms with E-state index in [0.29, 0.717) is 0 Å². The van der Waals surface area contributed by atoms with E-state index in [9.17, 15) is 0 Å². The van der Waals surface area contributed by atoms with Gasteiger partial charge in [0.2, 0.25) is 0 Å². The molecule has 0 unspecified atom stereocenters. The number of halogens is 2. The van der Waals surface area contributed by atoms with Gasteiger partial charge in [-0.3, -0.25) is 0 Å². The first kappa shape index (κ1) is 26.2. The normalized spacial score (nSPS) is 8.75. The number of hydrogen-bond acceptors (Lipinski definition) is 1. The molecule has 0 aliphatic heterocycles. The monoisotopic (exact) mass is 422 g/mol. The van der Waals surface area contributed by atoms with Crippen LogP contribution < -0.4 is 34.0 Å². The Labute approximate surface area is 151 Å². The van der Waals surface area contributed by atoms with Crippen molar-refractivity contribution in [3.63, 3.8) is 0 Å². The van der Waals surface area contributed by atoms with Crippen molar-refractivity contribution in [2.24, 2.45) is 0 Å². The van der Waals surface area contributed by atoms with Gasteiger partial charge >= 0.3 is 40.1 Å². The Morgan fingerprint density at radius 2 is 1.69 bits per heavy atom. The average Bonchev–Trinajstić information content (AvgIpc) is 2.15. The van der Waals surface area contributed by atoms with Gasteiger partial charge in [0, 0.05) is 0 Å². The SMILES string of the molecule is CCC(=[C-]SC)c1ccccc1.[Br-].[Br-].[Cu+].[Mg+2]. The van der Waals surface area contributed by atoms with E-state index >= 15 is 0 Å². The van der Waals surface area contributed by atoms with Crippen LogP contribution in [-0.2, 0) is 17.1 Å². The molecular formula is C11H13Br2CuMgS. The van der Waals surface area contributed by atoms with Gasteiger partial charge in [-0.15, -0.1) is 12.1 Å². The Morgan fingerprint density at radius 3 is 2.06 bits per heavy atom. The molecule has 0 bridgehead atoms. The van der Waals surface area contributed by atoms with Gasteiger partial charge in [-0.05, 0) is 6.26 Å². The molecule has 90 valence electrons. The molecule has 0 saturated carbocycles. The van der Waals surface area contributed by atoms with Crippen molar-refractivity contribution in [3.8, 4) is 0 Å². The van der Waals surface area contributed by atoms with Crippen LogP contribution in [0.1, 0.15) is 18.9 Å². The molecule has 0 spiro atoms. The first-order valence-electron chi connectivity index (χ1n) is 4.08. The van der Waals surface area contributed by atoms with E-state index in [1.54, 1.807) is 11.8 Å². The summed E-state index contributed by atoms with van der Waals surface area (Å²) in [5.41, 5.74) is 2.58. The Morgan fingerprint density at radius 1 is 1.19 bits per heavy atom. The molecule has 0 aromatic heterocycles. The number of thioether (sulfide) groups is 1. The van der Waals surface area contributed by atoms with E-state index < -0.39 is 0 Å². The van der Waals surface area contributed by atoms with E-state index in [1.807, 2.05) is 12.3 Å². The van der Waals surface area contributed by atoms with Gasteiger partial charge in [-0.2, -0.15) is 5.56 Å². The Balaban J connectivity index is -0.000000180. The Hall–Kier alpha value is 1.56. The molecule has 0 aliphatic rings. The maximum absolute atomic E-state index is 3.28. The molecule has 0 radical (unpaired) electrons. The third-order valence-corrected chi connectivity index (χ3v) is 2.15. The predicted octanol–water partition coefficient (Wildman–Crippen LogP) is -2.77. The maximum Gasteiger partial charge on any atom is 2.00 e. The van der Waals surface area contributed by atoms with Crippen molar-refractivity contribution in [2.45, 2.75) is 13.3 Å². The molecule has 5 heteroatoms. The fourth-order valence-electron chi connectivity index (χ4n) is 1.10. The Bertz CT molecular complexity index is 268. The molecule has 16 heavy (non-hydrogen) atoms. The third kappa shape index (κ3) is 9.57.